The van der Waals surface area contributed by atoms with Crippen LogP contribution in [0.2, 0.25) is 0 Å². The number of carboxylic acids is 1. The first-order valence-corrected chi connectivity index (χ1v) is 12.7. The summed E-state index contributed by atoms with van der Waals surface area (Å²) in [5, 5.41) is 14.4. The molecule has 0 aliphatic heterocycles. The topological polar surface area (TPSA) is 131 Å². The quantitative estimate of drug-likeness (QED) is 0.396. The molecule has 0 saturated heterocycles. The average Bonchev–Trinajstić information content (AvgIpc) is 3.14. The maximum absolute atomic E-state index is 13.0. The largest absolute Gasteiger partial charge is 0.480 e. The van der Waals surface area contributed by atoms with Crippen LogP contribution in [0.3, 0.4) is 0 Å². The molecule has 0 fully saturated rings. The van der Waals surface area contributed by atoms with E-state index in [1.807, 2.05) is 62.4 Å². The fraction of sp³-hybridized carbons (Fsp3) is 0.448. The van der Waals surface area contributed by atoms with E-state index >= 15 is 0 Å². The zero-order valence-corrected chi connectivity index (χ0v) is 22.4. The lowest BCUT2D eigenvalue weighted by Gasteiger charge is -2.24. The molecule has 38 heavy (non-hydrogen) atoms. The summed E-state index contributed by atoms with van der Waals surface area (Å²) >= 11 is 0. The van der Waals surface area contributed by atoms with Gasteiger partial charge in [-0.15, -0.1) is 0 Å². The molecule has 0 bridgehead atoms. The number of carbonyl (C=O) groups excluding carboxylic acids is 3. The second-order valence-electron chi connectivity index (χ2n) is 10.8. The van der Waals surface area contributed by atoms with Gasteiger partial charge in [-0.2, -0.15) is 0 Å². The number of hydrogen-bond donors (Lipinski definition) is 3. The van der Waals surface area contributed by atoms with E-state index in [1.54, 1.807) is 20.8 Å². The van der Waals surface area contributed by atoms with E-state index in [4.69, 9.17) is 9.47 Å². The molecule has 3 N–H and O–H groups in total. The van der Waals surface area contributed by atoms with Gasteiger partial charge < -0.3 is 25.2 Å². The van der Waals surface area contributed by atoms with Crippen LogP contribution in [0.4, 0.5) is 4.79 Å². The highest BCUT2D eigenvalue weighted by atomic mass is 16.6. The number of alkyl carbamates (subject to hydrolysis) is 1. The van der Waals surface area contributed by atoms with Crippen molar-refractivity contribution in [3.8, 4) is 11.1 Å². The number of benzene rings is 2. The number of nitrogens with one attached hydrogen (secondary N) is 2. The predicted molar refractivity (Wildman–Crippen MR) is 141 cm³/mol. The smallest absolute Gasteiger partial charge is 0.407 e. The molecule has 9 heteroatoms. The van der Waals surface area contributed by atoms with Crippen LogP contribution >= 0.6 is 0 Å². The number of ether oxygens (including phenoxy) is 2. The molecule has 0 aromatic heterocycles. The molecule has 0 heterocycles. The second-order valence-corrected chi connectivity index (χ2v) is 10.8. The van der Waals surface area contributed by atoms with Crippen molar-refractivity contribution in [2.75, 3.05) is 6.61 Å². The van der Waals surface area contributed by atoms with E-state index in [0.29, 0.717) is 0 Å². The van der Waals surface area contributed by atoms with Crippen LogP contribution in [0.15, 0.2) is 48.5 Å². The molecule has 2 atom stereocenters. The van der Waals surface area contributed by atoms with Gasteiger partial charge in [0.2, 0.25) is 5.91 Å². The SMILES string of the molecule is CC(C)C[C@H](NC(=O)[C@H](CC(=O)OC(C)(C)C)NC(=O)OCC1c2ccccc2-c2ccccc21)C(=O)O. The van der Waals surface area contributed by atoms with Gasteiger partial charge in [0.05, 0.1) is 6.42 Å². The molecular weight excluding hydrogens is 488 g/mol. The normalized spacial score (nSPS) is 14.2. The van der Waals surface area contributed by atoms with E-state index in [0.717, 1.165) is 22.3 Å². The molecule has 2 aromatic carbocycles. The van der Waals surface area contributed by atoms with Crippen LogP contribution in [0, 0.1) is 5.92 Å². The second kappa shape index (κ2) is 12.1. The Balaban J connectivity index is 1.72. The molecule has 0 saturated carbocycles. The average molecular weight is 525 g/mol. The summed E-state index contributed by atoms with van der Waals surface area (Å²) in [6.45, 7) is 8.72. The maximum Gasteiger partial charge on any atom is 0.407 e. The van der Waals surface area contributed by atoms with Gasteiger partial charge >= 0.3 is 18.0 Å². The van der Waals surface area contributed by atoms with Gasteiger partial charge in [0.1, 0.15) is 24.3 Å². The molecule has 2 amide bonds. The Morgan fingerprint density at radius 1 is 0.895 bits per heavy atom. The Morgan fingerprint density at radius 2 is 1.45 bits per heavy atom. The van der Waals surface area contributed by atoms with Gasteiger partial charge in [0.15, 0.2) is 0 Å². The van der Waals surface area contributed by atoms with E-state index in [1.165, 1.54) is 0 Å². The van der Waals surface area contributed by atoms with Gasteiger partial charge in [-0.1, -0.05) is 62.4 Å². The minimum Gasteiger partial charge on any atom is -0.480 e. The first-order valence-electron chi connectivity index (χ1n) is 12.7. The molecule has 1 aliphatic carbocycles. The highest BCUT2D eigenvalue weighted by Gasteiger charge is 2.32. The number of esters is 1. The summed E-state index contributed by atoms with van der Waals surface area (Å²) in [6, 6.07) is 13.2. The Bertz CT molecular complexity index is 1140. The lowest BCUT2D eigenvalue weighted by atomic mass is 9.98. The van der Waals surface area contributed by atoms with Gasteiger partial charge in [-0.3, -0.25) is 9.59 Å². The molecule has 1 aliphatic rings. The first-order chi connectivity index (χ1) is 17.9. The molecule has 0 unspecified atom stereocenters. The Hall–Kier alpha value is -3.88. The Kier molecular flexibility index (Phi) is 9.14. The Labute approximate surface area is 222 Å². The lowest BCUT2D eigenvalue weighted by Crippen LogP contribution is -2.53. The minimum atomic E-state index is -1.38. The van der Waals surface area contributed by atoms with Crippen LogP contribution in [0.25, 0.3) is 11.1 Å². The predicted octanol–water partition coefficient (Wildman–Crippen LogP) is 4.24. The van der Waals surface area contributed by atoms with E-state index < -0.39 is 48.0 Å². The summed E-state index contributed by atoms with van der Waals surface area (Å²) in [6.07, 6.45) is -1.20. The number of rotatable bonds is 10. The van der Waals surface area contributed by atoms with E-state index in [9.17, 15) is 24.3 Å². The van der Waals surface area contributed by atoms with Crippen LogP contribution < -0.4 is 10.6 Å². The molecule has 3 rings (SSSR count). The van der Waals surface area contributed by atoms with Crippen LogP contribution in [-0.4, -0.2) is 53.3 Å². The number of carboxylic acid groups (broad SMARTS) is 1. The maximum atomic E-state index is 13.0. The Morgan fingerprint density at radius 3 is 1.95 bits per heavy atom. The number of fused-ring (bicyclic) bond motifs is 3. The van der Waals surface area contributed by atoms with Gasteiger partial charge in [0.25, 0.3) is 0 Å². The van der Waals surface area contributed by atoms with Gasteiger partial charge in [0, 0.05) is 5.92 Å². The summed E-state index contributed by atoms with van der Waals surface area (Å²) < 4.78 is 10.8. The van der Waals surface area contributed by atoms with E-state index in [2.05, 4.69) is 10.6 Å². The zero-order valence-electron chi connectivity index (χ0n) is 22.4. The summed E-state index contributed by atoms with van der Waals surface area (Å²) in [4.78, 5) is 50.0. The number of amides is 2. The van der Waals surface area contributed by atoms with Gasteiger partial charge in [-0.05, 0) is 55.4 Å². The number of carbonyl (C=O) groups is 4. The van der Waals surface area contributed by atoms with Crippen molar-refractivity contribution in [1.29, 1.82) is 0 Å². The van der Waals surface area contributed by atoms with Crippen LogP contribution in [-0.2, 0) is 23.9 Å². The molecule has 0 radical (unpaired) electrons. The highest BCUT2D eigenvalue weighted by Crippen LogP contribution is 2.44. The van der Waals surface area contributed by atoms with Crippen molar-refractivity contribution in [2.24, 2.45) is 5.92 Å². The van der Waals surface area contributed by atoms with Crippen molar-refractivity contribution >= 4 is 23.9 Å². The van der Waals surface area contributed by atoms with Crippen LogP contribution in [0.5, 0.6) is 0 Å². The lowest BCUT2D eigenvalue weighted by molar-refractivity contribution is -0.156. The molecular formula is C29H36N2O7. The zero-order chi connectivity index (χ0) is 28.0. The van der Waals surface area contributed by atoms with Crippen molar-refractivity contribution in [3.63, 3.8) is 0 Å². The molecule has 2 aromatic rings. The first kappa shape index (κ1) is 28.7. The summed E-state index contributed by atoms with van der Waals surface area (Å²) in [5.74, 6) is -2.92. The number of aliphatic carboxylic acids is 1. The van der Waals surface area contributed by atoms with Crippen molar-refractivity contribution in [3.05, 3.63) is 59.7 Å². The fourth-order valence-electron chi connectivity index (χ4n) is 4.51. The van der Waals surface area contributed by atoms with Gasteiger partial charge in [-0.25, -0.2) is 9.59 Å². The minimum absolute atomic E-state index is 0.00389. The molecule has 0 spiro atoms. The molecule has 204 valence electrons. The fourth-order valence-corrected chi connectivity index (χ4v) is 4.51. The third kappa shape index (κ3) is 7.57. The monoisotopic (exact) mass is 524 g/mol. The van der Waals surface area contributed by atoms with Crippen LogP contribution in [0.1, 0.15) is 64.5 Å². The molecule has 9 nitrogen and oxygen atoms in total. The third-order valence-corrected chi connectivity index (χ3v) is 6.06. The standard InChI is InChI=1S/C29H36N2O7/c1-17(2)14-24(27(34)35)30-26(33)23(15-25(32)38-29(3,4)5)31-28(36)37-16-22-20-12-8-6-10-18(20)19-11-7-9-13-21(19)22/h6-13,17,22-24H,14-16H2,1-5H3,(H,30,33)(H,31,36)(H,34,35)/t23-,24-/m0/s1. The van der Waals surface area contributed by atoms with Crippen molar-refractivity contribution in [1.82, 2.24) is 10.6 Å². The number of hydrogen-bond acceptors (Lipinski definition) is 6. The highest BCUT2D eigenvalue weighted by molar-refractivity contribution is 5.92. The van der Waals surface area contributed by atoms with E-state index in [-0.39, 0.29) is 24.9 Å². The third-order valence-electron chi connectivity index (χ3n) is 6.06. The summed E-state index contributed by atoms with van der Waals surface area (Å²) in [7, 11) is 0. The van der Waals surface area contributed by atoms with Crippen molar-refractivity contribution < 1.29 is 33.8 Å². The van der Waals surface area contributed by atoms with Crippen molar-refractivity contribution in [2.45, 2.75) is 71.1 Å². The summed E-state index contributed by atoms with van der Waals surface area (Å²) in [5.41, 5.74) is 3.40.